The third-order valence-corrected chi connectivity index (χ3v) is 5.39. The average molecular weight is 398 g/mol. The van der Waals surface area contributed by atoms with Gasteiger partial charge in [0.2, 0.25) is 0 Å². The number of ether oxygens (including phenoxy) is 1. The molecule has 3 rings (SSSR count). The summed E-state index contributed by atoms with van der Waals surface area (Å²) in [6, 6.07) is 11.6. The lowest BCUT2D eigenvalue weighted by Gasteiger charge is -2.41. The highest BCUT2D eigenvalue weighted by Gasteiger charge is 2.42. The number of carboxylic acid groups (broad SMARTS) is 1. The highest BCUT2D eigenvalue weighted by atomic mass is 16.5. The first-order chi connectivity index (χ1) is 14.0. The Bertz CT molecular complexity index is 858. The number of likely N-dealkylation sites (N-methyl/N-ethyl adjacent to an activating group) is 1. The predicted molar refractivity (Wildman–Crippen MR) is 110 cm³/mol. The van der Waals surface area contributed by atoms with E-state index >= 15 is 0 Å². The number of nitrogens with one attached hydrogen (secondary N) is 1. The summed E-state index contributed by atoms with van der Waals surface area (Å²) in [5.74, 6) is 1.51. The van der Waals surface area contributed by atoms with Gasteiger partial charge in [-0.3, -0.25) is 10.2 Å². The molecule has 29 heavy (non-hydrogen) atoms. The number of para-hydroxylation sites is 1. The van der Waals surface area contributed by atoms with Crippen LogP contribution in [-0.4, -0.2) is 66.8 Å². The third-order valence-electron chi connectivity index (χ3n) is 5.39. The lowest BCUT2D eigenvalue weighted by atomic mass is 10.0. The van der Waals surface area contributed by atoms with Crippen LogP contribution in [0.25, 0.3) is 11.1 Å². The second kappa shape index (κ2) is 8.91. The first kappa shape index (κ1) is 20.6. The van der Waals surface area contributed by atoms with E-state index in [9.17, 15) is 14.7 Å². The van der Waals surface area contributed by atoms with Gasteiger partial charge in [-0.25, -0.2) is 9.78 Å². The van der Waals surface area contributed by atoms with E-state index < -0.39 is 11.8 Å². The van der Waals surface area contributed by atoms with E-state index in [4.69, 9.17) is 4.74 Å². The van der Waals surface area contributed by atoms with Crippen LogP contribution in [0.3, 0.4) is 0 Å². The van der Waals surface area contributed by atoms with Crippen LogP contribution in [-0.2, 0) is 4.79 Å². The minimum Gasteiger partial charge on any atom is -0.496 e. The largest absolute Gasteiger partial charge is 0.496 e. The van der Waals surface area contributed by atoms with Crippen LogP contribution in [0, 0.1) is 0 Å². The summed E-state index contributed by atoms with van der Waals surface area (Å²) in [5.41, 5.74) is 0.890. The monoisotopic (exact) mass is 398 g/mol. The van der Waals surface area contributed by atoms with Gasteiger partial charge in [0.05, 0.1) is 13.7 Å². The Hall–Kier alpha value is -3.13. The SMILES string of the molecule is CNC1(CC=O)CN(c2ccc(-c3ccccc3OC)cn2)CCCN1C(=O)O. The fourth-order valence-corrected chi connectivity index (χ4v) is 3.83. The highest BCUT2D eigenvalue weighted by molar-refractivity contribution is 5.71. The number of nitrogens with zero attached hydrogens (tertiary/aromatic N) is 3. The lowest BCUT2D eigenvalue weighted by molar-refractivity contribution is -0.110. The summed E-state index contributed by atoms with van der Waals surface area (Å²) in [7, 11) is 3.32. The van der Waals surface area contributed by atoms with E-state index in [0.717, 1.165) is 29.0 Å². The van der Waals surface area contributed by atoms with E-state index in [-0.39, 0.29) is 6.42 Å². The Morgan fingerprint density at radius 1 is 1.31 bits per heavy atom. The third kappa shape index (κ3) is 4.17. The number of aldehydes is 1. The van der Waals surface area contributed by atoms with Crippen LogP contribution >= 0.6 is 0 Å². The number of hydrogen-bond acceptors (Lipinski definition) is 6. The number of hydrogen-bond donors (Lipinski definition) is 2. The van der Waals surface area contributed by atoms with Crippen molar-refractivity contribution in [3.8, 4) is 16.9 Å². The van der Waals surface area contributed by atoms with Gasteiger partial charge < -0.3 is 19.5 Å². The molecule has 2 aromatic rings. The van der Waals surface area contributed by atoms with Gasteiger partial charge in [-0.15, -0.1) is 0 Å². The molecule has 0 aliphatic carbocycles. The molecule has 2 heterocycles. The Balaban J connectivity index is 1.89. The average Bonchev–Trinajstić information content (AvgIpc) is 2.94. The molecule has 2 N–H and O–H groups in total. The van der Waals surface area contributed by atoms with Gasteiger partial charge >= 0.3 is 6.09 Å². The molecule has 1 aliphatic heterocycles. The zero-order valence-electron chi connectivity index (χ0n) is 16.7. The van der Waals surface area contributed by atoms with Crippen LogP contribution in [0.2, 0.25) is 0 Å². The van der Waals surface area contributed by atoms with Gasteiger partial charge in [-0.05, 0) is 31.7 Å². The predicted octanol–water partition coefficient (Wildman–Crippen LogP) is 2.45. The van der Waals surface area contributed by atoms with E-state index in [0.29, 0.717) is 26.1 Å². The summed E-state index contributed by atoms with van der Waals surface area (Å²) in [5, 5.41) is 12.7. The van der Waals surface area contributed by atoms with Gasteiger partial charge in [0.25, 0.3) is 0 Å². The number of benzene rings is 1. The van der Waals surface area contributed by atoms with E-state index in [1.165, 1.54) is 4.90 Å². The number of aromatic nitrogens is 1. The standard InChI is InChI=1S/C21H26N4O4/c1-22-21(10-13-26)15-24(11-5-12-25(21)20(27)28)19-9-8-16(14-23-19)17-6-3-4-7-18(17)29-2/h3-4,6-9,13-14,22H,5,10-12,15H2,1-2H3,(H,27,28). The van der Waals surface area contributed by atoms with Crippen molar-refractivity contribution in [3.63, 3.8) is 0 Å². The highest BCUT2D eigenvalue weighted by Crippen LogP contribution is 2.31. The molecule has 1 aromatic carbocycles. The Kier molecular flexibility index (Phi) is 6.33. The van der Waals surface area contributed by atoms with E-state index in [1.54, 1.807) is 20.4 Å². The summed E-state index contributed by atoms with van der Waals surface area (Å²) < 4.78 is 5.43. The van der Waals surface area contributed by atoms with Gasteiger partial charge in [0.1, 0.15) is 23.5 Å². The number of carbonyl (C=O) groups excluding carboxylic acids is 1. The molecule has 8 heteroatoms. The molecule has 1 amide bonds. The van der Waals surface area contributed by atoms with Gasteiger partial charge in [0.15, 0.2) is 0 Å². The molecule has 1 unspecified atom stereocenters. The zero-order chi connectivity index (χ0) is 20.9. The molecule has 0 bridgehead atoms. The molecule has 0 saturated carbocycles. The Labute approximate surface area is 170 Å². The quantitative estimate of drug-likeness (QED) is 0.722. The number of amides is 1. The summed E-state index contributed by atoms with van der Waals surface area (Å²) in [6.45, 7) is 1.32. The number of anilines is 1. The van der Waals surface area contributed by atoms with Crippen LogP contribution in [0.1, 0.15) is 12.8 Å². The van der Waals surface area contributed by atoms with Crippen LogP contribution in [0.15, 0.2) is 42.6 Å². The Morgan fingerprint density at radius 3 is 2.72 bits per heavy atom. The van der Waals surface area contributed by atoms with Gasteiger partial charge in [-0.1, -0.05) is 18.2 Å². The maximum atomic E-state index is 11.8. The van der Waals surface area contributed by atoms with Crippen molar-refractivity contribution in [3.05, 3.63) is 42.6 Å². The van der Waals surface area contributed by atoms with Crippen molar-refractivity contribution in [1.82, 2.24) is 15.2 Å². The van der Waals surface area contributed by atoms with Crippen molar-refractivity contribution in [2.24, 2.45) is 0 Å². The lowest BCUT2D eigenvalue weighted by Crippen LogP contribution is -2.64. The van der Waals surface area contributed by atoms with Crippen molar-refractivity contribution >= 4 is 18.2 Å². The fourth-order valence-electron chi connectivity index (χ4n) is 3.83. The first-order valence-corrected chi connectivity index (χ1v) is 9.52. The molecule has 1 aromatic heterocycles. The van der Waals surface area contributed by atoms with E-state index in [2.05, 4.69) is 10.3 Å². The molecule has 154 valence electrons. The van der Waals surface area contributed by atoms with Gasteiger partial charge in [0, 0.05) is 36.8 Å². The zero-order valence-corrected chi connectivity index (χ0v) is 16.7. The molecule has 1 fully saturated rings. The van der Waals surface area contributed by atoms with Crippen molar-refractivity contribution in [2.75, 3.05) is 38.7 Å². The van der Waals surface area contributed by atoms with Gasteiger partial charge in [-0.2, -0.15) is 0 Å². The molecular weight excluding hydrogens is 372 g/mol. The topological polar surface area (TPSA) is 95.0 Å². The minimum atomic E-state index is -1.04. The molecular formula is C21H26N4O4. The number of pyridine rings is 1. The van der Waals surface area contributed by atoms with E-state index in [1.807, 2.05) is 41.3 Å². The van der Waals surface area contributed by atoms with Crippen molar-refractivity contribution < 1.29 is 19.4 Å². The second-order valence-electron chi connectivity index (χ2n) is 6.97. The molecule has 8 nitrogen and oxygen atoms in total. The number of rotatable bonds is 6. The van der Waals surface area contributed by atoms with Crippen molar-refractivity contribution in [1.29, 1.82) is 0 Å². The fraction of sp³-hybridized carbons (Fsp3) is 0.381. The summed E-state index contributed by atoms with van der Waals surface area (Å²) >= 11 is 0. The molecule has 1 saturated heterocycles. The summed E-state index contributed by atoms with van der Waals surface area (Å²) in [6.07, 6.45) is 2.21. The summed E-state index contributed by atoms with van der Waals surface area (Å²) in [4.78, 5) is 31.1. The maximum Gasteiger partial charge on any atom is 0.408 e. The maximum absolute atomic E-state index is 11.8. The molecule has 1 aliphatic rings. The molecule has 0 radical (unpaired) electrons. The van der Waals surface area contributed by atoms with Crippen LogP contribution in [0.4, 0.5) is 10.6 Å². The number of methoxy groups -OCH3 is 1. The normalized spacial score (nSPS) is 19.5. The smallest absolute Gasteiger partial charge is 0.408 e. The van der Waals surface area contributed by atoms with Crippen LogP contribution in [0.5, 0.6) is 5.75 Å². The van der Waals surface area contributed by atoms with Crippen molar-refractivity contribution in [2.45, 2.75) is 18.5 Å². The first-order valence-electron chi connectivity index (χ1n) is 9.52. The Morgan fingerprint density at radius 2 is 2.10 bits per heavy atom. The molecule has 0 spiro atoms. The molecule has 1 atom stereocenters. The number of carbonyl (C=O) groups is 2. The minimum absolute atomic E-state index is 0.0611. The van der Waals surface area contributed by atoms with Crippen LogP contribution < -0.4 is 15.0 Å². The second-order valence-corrected chi connectivity index (χ2v) is 6.97.